The minimum absolute atomic E-state index is 0.873. The highest BCUT2D eigenvalue weighted by Gasteiger charge is 2.24. The van der Waals surface area contributed by atoms with E-state index < -0.39 is 0 Å². The van der Waals surface area contributed by atoms with E-state index in [1.165, 1.54) is 25.9 Å². The molecule has 2 aliphatic rings. The second kappa shape index (κ2) is 1.59. The monoisotopic (exact) mass is 109 g/mol. The third-order valence-corrected chi connectivity index (χ3v) is 1.97. The van der Waals surface area contributed by atoms with Crippen LogP contribution in [0.5, 0.6) is 0 Å². The maximum Gasteiger partial charge on any atom is 0.0105 e. The normalized spacial score (nSPS) is 35.0. The van der Waals surface area contributed by atoms with Crippen LogP contribution in [0.15, 0.2) is 11.6 Å². The van der Waals surface area contributed by atoms with Crippen molar-refractivity contribution >= 4 is 0 Å². The summed E-state index contributed by atoms with van der Waals surface area (Å²) in [5.41, 5.74) is 1.70. The van der Waals surface area contributed by atoms with Gasteiger partial charge in [0.2, 0.25) is 0 Å². The van der Waals surface area contributed by atoms with Gasteiger partial charge < -0.3 is 5.32 Å². The Labute approximate surface area is 49.8 Å². The Bertz CT molecular complexity index is 126. The topological polar surface area (TPSA) is 12.0 Å². The molecule has 0 spiro atoms. The van der Waals surface area contributed by atoms with Crippen molar-refractivity contribution in [3.8, 4) is 0 Å². The SMILES string of the molecule is C1=C2CCCNCC12. The largest absolute Gasteiger partial charge is 0.316 e. The minimum atomic E-state index is 0.873. The average molecular weight is 109 g/mol. The summed E-state index contributed by atoms with van der Waals surface area (Å²) in [4.78, 5) is 0. The molecule has 1 atom stereocenters. The van der Waals surface area contributed by atoms with E-state index in [1.807, 2.05) is 0 Å². The number of fused-ring (bicyclic) bond motifs is 1. The summed E-state index contributed by atoms with van der Waals surface area (Å²) in [5, 5.41) is 3.39. The molecule has 1 unspecified atom stereocenters. The van der Waals surface area contributed by atoms with Crippen LogP contribution < -0.4 is 5.32 Å². The molecule has 0 radical (unpaired) electrons. The lowest BCUT2D eigenvalue weighted by molar-refractivity contribution is 0.673. The number of rotatable bonds is 0. The first-order valence-electron chi connectivity index (χ1n) is 3.38. The summed E-state index contributed by atoms with van der Waals surface area (Å²) in [6, 6.07) is 0. The van der Waals surface area contributed by atoms with Gasteiger partial charge in [-0.2, -0.15) is 0 Å². The minimum Gasteiger partial charge on any atom is -0.316 e. The van der Waals surface area contributed by atoms with Gasteiger partial charge in [-0.25, -0.2) is 0 Å². The standard InChI is InChI=1S/C7H11N/c1-2-6-4-7(6)5-8-3-1/h4,7-8H,1-3,5H2. The third-order valence-electron chi connectivity index (χ3n) is 1.97. The number of hydrogen-bond acceptors (Lipinski definition) is 1. The Morgan fingerprint density at radius 1 is 1.62 bits per heavy atom. The zero-order chi connectivity index (χ0) is 5.40. The first-order valence-corrected chi connectivity index (χ1v) is 3.38. The highest BCUT2D eigenvalue weighted by molar-refractivity contribution is 5.30. The molecule has 0 saturated carbocycles. The summed E-state index contributed by atoms with van der Waals surface area (Å²) in [6.45, 7) is 2.45. The van der Waals surface area contributed by atoms with Crippen LogP contribution in [-0.4, -0.2) is 13.1 Å². The Morgan fingerprint density at radius 2 is 2.62 bits per heavy atom. The van der Waals surface area contributed by atoms with E-state index >= 15 is 0 Å². The first-order chi connectivity index (χ1) is 3.97. The van der Waals surface area contributed by atoms with Gasteiger partial charge in [-0.1, -0.05) is 11.6 Å². The van der Waals surface area contributed by atoms with E-state index in [4.69, 9.17) is 0 Å². The van der Waals surface area contributed by atoms with Crippen LogP contribution >= 0.6 is 0 Å². The molecule has 0 aromatic rings. The van der Waals surface area contributed by atoms with Gasteiger partial charge in [-0.15, -0.1) is 0 Å². The zero-order valence-electron chi connectivity index (χ0n) is 4.98. The van der Waals surface area contributed by atoms with Gasteiger partial charge in [0.05, 0.1) is 0 Å². The van der Waals surface area contributed by atoms with Crippen molar-refractivity contribution < 1.29 is 0 Å². The molecule has 0 bridgehead atoms. The molecular weight excluding hydrogens is 98.1 g/mol. The number of nitrogens with one attached hydrogen (secondary N) is 1. The van der Waals surface area contributed by atoms with Crippen molar-refractivity contribution in [3.05, 3.63) is 11.6 Å². The predicted octanol–water partition coefficient (Wildman–Crippen LogP) is 0.926. The highest BCUT2D eigenvalue weighted by atomic mass is 14.9. The van der Waals surface area contributed by atoms with Crippen LogP contribution in [0, 0.1) is 5.92 Å². The molecule has 44 valence electrons. The maximum atomic E-state index is 3.39. The molecule has 8 heavy (non-hydrogen) atoms. The zero-order valence-corrected chi connectivity index (χ0v) is 4.98. The van der Waals surface area contributed by atoms with Gasteiger partial charge in [-0.3, -0.25) is 0 Å². The van der Waals surface area contributed by atoms with Crippen molar-refractivity contribution in [2.45, 2.75) is 12.8 Å². The van der Waals surface area contributed by atoms with Crippen LogP contribution in [0.25, 0.3) is 0 Å². The Balaban J connectivity index is 1.96. The molecule has 1 saturated heterocycles. The fraction of sp³-hybridized carbons (Fsp3) is 0.714. The molecule has 1 heterocycles. The van der Waals surface area contributed by atoms with Crippen molar-refractivity contribution in [2.75, 3.05) is 13.1 Å². The van der Waals surface area contributed by atoms with Gasteiger partial charge in [0.1, 0.15) is 0 Å². The van der Waals surface area contributed by atoms with Crippen molar-refractivity contribution in [1.29, 1.82) is 0 Å². The molecule has 0 aromatic carbocycles. The Kier molecular flexibility index (Phi) is 0.908. The lowest BCUT2D eigenvalue weighted by atomic mass is 10.2. The summed E-state index contributed by atoms with van der Waals surface area (Å²) < 4.78 is 0. The second-order valence-electron chi connectivity index (χ2n) is 2.66. The molecule has 1 N–H and O–H groups in total. The van der Waals surface area contributed by atoms with Crippen LogP contribution in [0.2, 0.25) is 0 Å². The Hall–Kier alpha value is -0.300. The van der Waals surface area contributed by atoms with E-state index in [-0.39, 0.29) is 0 Å². The molecule has 1 fully saturated rings. The molecule has 0 amide bonds. The van der Waals surface area contributed by atoms with Crippen LogP contribution in [0.3, 0.4) is 0 Å². The van der Waals surface area contributed by atoms with E-state index in [2.05, 4.69) is 11.4 Å². The molecular formula is C7H11N. The molecule has 2 rings (SSSR count). The molecule has 1 heteroatoms. The highest BCUT2D eigenvalue weighted by Crippen LogP contribution is 2.33. The summed E-state index contributed by atoms with van der Waals surface area (Å²) in [5.74, 6) is 0.873. The smallest absolute Gasteiger partial charge is 0.0105 e. The van der Waals surface area contributed by atoms with E-state index in [0.717, 1.165) is 5.92 Å². The summed E-state index contributed by atoms with van der Waals surface area (Å²) in [7, 11) is 0. The molecule has 1 aliphatic carbocycles. The lowest BCUT2D eigenvalue weighted by Gasteiger charge is -1.94. The summed E-state index contributed by atoms with van der Waals surface area (Å²) in [6.07, 6.45) is 5.09. The van der Waals surface area contributed by atoms with Gasteiger partial charge >= 0.3 is 0 Å². The predicted molar refractivity (Wildman–Crippen MR) is 33.7 cm³/mol. The molecule has 0 aromatic heterocycles. The van der Waals surface area contributed by atoms with E-state index in [0.29, 0.717) is 0 Å². The van der Waals surface area contributed by atoms with Gasteiger partial charge in [0, 0.05) is 12.5 Å². The number of hydrogen-bond donors (Lipinski definition) is 1. The first kappa shape index (κ1) is 4.57. The Morgan fingerprint density at radius 3 is 3.62 bits per heavy atom. The fourth-order valence-electron chi connectivity index (χ4n) is 1.34. The van der Waals surface area contributed by atoms with E-state index in [9.17, 15) is 0 Å². The fourth-order valence-corrected chi connectivity index (χ4v) is 1.34. The quantitative estimate of drug-likeness (QED) is 0.456. The van der Waals surface area contributed by atoms with E-state index in [1.54, 1.807) is 5.57 Å². The van der Waals surface area contributed by atoms with Crippen molar-refractivity contribution in [1.82, 2.24) is 5.32 Å². The molecule has 1 nitrogen and oxygen atoms in total. The maximum absolute atomic E-state index is 3.39. The van der Waals surface area contributed by atoms with Gasteiger partial charge in [0.25, 0.3) is 0 Å². The summed E-state index contributed by atoms with van der Waals surface area (Å²) >= 11 is 0. The van der Waals surface area contributed by atoms with Crippen molar-refractivity contribution in [2.24, 2.45) is 5.92 Å². The van der Waals surface area contributed by atoms with Crippen molar-refractivity contribution in [3.63, 3.8) is 0 Å². The third kappa shape index (κ3) is 0.671. The van der Waals surface area contributed by atoms with Gasteiger partial charge in [-0.05, 0) is 19.4 Å². The van der Waals surface area contributed by atoms with Crippen LogP contribution in [0.4, 0.5) is 0 Å². The van der Waals surface area contributed by atoms with Crippen LogP contribution in [-0.2, 0) is 0 Å². The second-order valence-corrected chi connectivity index (χ2v) is 2.66. The van der Waals surface area contributed by atoms with Crippen LogP contribution in [0.1, 0.15) is 12.8 Å². The average Bonchev–Trinajstić information content (AvgIpc) is 2.36. The molecule has 1 aliphatic heterocycles. The van der Waals surface area contributed by atoms with Gasteiger partial charge in [0.15, 0.2) is 0 Å². The lowest BCUT2D eigenvalue weighted by Crippen LogP contribution is -2.16.